The molecule has 0 amide bonds. The third kappa shape index (κ3) is 19.5. The summed E-state index contributed by atoms with van der Waals surface area (Å²) in [6, 6.07) is 14.1. The van der Waals surface area contributed by atoms with Crippen LogP contribution in [0.2, 0.25) is 0 Å². The fraction of sp³-hybridized carbons (Fsp3) is 0.586. The molecule has 4 aliphatic rings. The van der Waals surface area contributed by atoms with Gasteiger partial charge in [0.15, 0.2) is 53.9 Å². The van der Waals surface area contributed by atoms with Crippen LogP contribution in [0.4, 0.5) is 34.9 Å². The van der Waals surface area contributed by atoms with Gasteiger partial charge in [-0.3, -0.25) is 14.2 Å². The van der Waals surface area contributed by atoms with E-state index in [0.29, 0.717) is 102 Å². The monoisotopic (exact) mass is 1230 g/mol. The molecule has 2 aliphatic heterocycles. The van der Waals surface area contributed by atoms with E-state index in [2.05, 4.69) is 51.6 Å². The number of carbonyl (C=O) groups is 2. The molecule has 10 rings (SSSR count). The molecule has 0 bridgehead atoms. The first-order valence-electron chi connectivity index (χ1n) is 29.9. The largest absolute Gasteiger partial charge is 0.373 e. The molecule has 6 heterocycles. The number of nitroso groups, excluding NO2 is 1. The van der Waals surface area contributed by atoms with Crippen LogP contribution in [0.25, 0.3) is 22.3 Å². The van der Waals surface area contributed by atoms with Crippen LogP contribution >= 0.6 is 12.4 Å². The number of nitrogens with two attached hydrogens (primary N) is 1. The predicted molar refractivity (Wildman–Crippen MR) is 329 cm³/mol. The molecule has 464 valence electrons. The number of halogens is 1. The number of H-pyrrole nitrogens is 1. The number of unbranched alkanes of at least 4 members (excludes halogenated alkanes) is 6. The Balaban J connectivity index is 0.000000241. The number of rotatable bonds is 26. The van der Waals surface area contributed by atoms with Crippen molar-refractivity contribution in [1.82, 2.24) is 39.5 Å². The zero-order valence-corrected chi connectivity index (χ0v) is 50.8. The highest BCUT2D eigenvalue weighted by molar-refractivity contribution is 7.91. The highest BCUT2D eigenvalue weighted by Gasteiger charge is 2.25. The number of imidazole rings is 2. The number of ether oxygens (including phenoxy) is 2. The Labute approximate surface area is 503 Å². The summed E-state index contributed by atoms with van der Waals surface area (Å²) in [6.07, 6.45) is 27.1. The molecule has 2 aromatic carbocycles. The van der Waals surface area contributed by atoms with Crippen molar-refractivity contribution in [3.05, 3.63) is 66.1 Å². The molecule has 4 aromatic heterocycles. The summed E-state index contributed by atoms with van der Waals surface area (Å²) in [5, 5.41) is 13.6. The molecule has 24 nitrogen and oxygen atoms in total. The molecule has 6 aromatic rings. The lowest BCUT2D eigenvalue weighted by atomic mass is 9.95. The number of nitrogens with zero attached hydrogens (tertiary/aromatic N) is 7. The summed E-state index contributed by atoms with van der Waals surface area (Å²) in [4.78, 5) is 66.4. The van der Waals surface area contributed by atoms with Crippen molar-refractivity contribution in [1.29, 1.82) is 5.59 Å². The number of anilines is 6. The third-order valence-corrected chi connectivity index (χ3v) is 19.4. The third-order valence-electron chi connectivity index (χ3n) is 15.8. The van der Waals surface area contributed by atoms with Crippen molar-refractivity contribution in [3.63, 3.8) is 0 Å². The fourth-order valence-corrected chi connectivity index (χ4v) is 13.9. The number of fused-ring (bicyclic) bond motifs is 2. The number of carbonyl (C=O) groups excluding carboxylic acids is 2. The number of aromatic nitrogens is 8. The summed E-state index contributed by atoms with van der Waals surface area (Å²) in [7, 11) is -6.81. The minimum Gasteiger partial charge on any atom is -0.373 e. The first kappa shape index (κ1) is 66.1. The van der Waals surface area contributed by atoms with Gasteiger partial charge >= 0.3 is 5.97 Å². The zero-order valence-electron chi connectivity index (χ0n) is 48.3. The number of Topliss-reactive ketones (excluding diaryl/α,β-unsaturated/α-hetero) is 1. The number of aromatic amines is 1. The van der Waals surface area contributed by atoms with Crippen LogP contribution in [0.1, 0.15) is 173 Å². The Hall–Kier alpha value is -6.45. The van der Waals surface area contributed by atoms with Crippen LogP contribution in [-0.2, 0) is 43.6 Å². The minimum atomic E-state index is -3.41. The highest BCUT2D eigenvalue weighted by Crippen LogP contribution is 2.32. The summed E-state index contributed by atoms with van der Waals surface area (Å²) in [5.74, 6) is 6.91. The molecular formula is C58H83ClN14O10S2. The molecule has 0 radical (unpaired) electrons. The first-order chi connectivity index (χ1) is 40.9. The van der Waals surface area contributed by atoms with Gasteiger partial charge in [-0.05, 0) is 138 Å². The summed E-state index contributed by atoms with van der Waals surface area (Å²) >= 11 is 0. The van der Waals surface area contributed by atoms with Gasteiger partial charge in [-0.15, -0.1) is 12.4 Å². The van der Waals surface area contributed by atoms with E-state index in [0.717, 1.165) is 108 Å². The number of hydrogen-bond donors (Lipinski definition) is 7. The van der Waals surface area contributed by atoms with Crippen molar-refractivity contribution in [2.45, 2.75) is 201 Å². The van der Waals surface area contributed by atoms with Gasteiger partial charge in [0.2, 0.25) is 11.9 Å². The molecule has 2 atom stereocenters. The fourth-order valence-electron chi connectivity index (χ4n) is 11.2. The van der Waals surface area contributed by atoms with E-state index in [4.69, 9.17) is 35.2 Å². The van der Waals surface area contributed by atoms with Crippen molar-refractivity contribution >= 4 is 101 Å². The lowest BCUT2D eigenvalue weighted by molar-refractivity contribution is -0.144. The average Bonchev–Trinajstić information content (AvgIpc) is 2.63. The summed E-state index contributed by atoms with van der Waals surface area (Å²) in [5.41, 5.74) is 8.66. The lowest BCUT2D eigenvalue weighted by Crippen LogP contribution is -2.27. The van der Waals surface area contributed by atoms with Crippen LogP contribution in [0.15, 0.2) is 71.0 Å². The van der Waals surface area contributed by atoms with E-state index in [9.17, 15) is 26.4 Å². The van der Waals surface area contributed by atoms with E-state index in [1.165, 1.54) is 38.5 Å². The first-order valence-corrected chi connectivity index (χ1v) is 33.3. The topological polar surface area (TPSA) is 343 Å². The van der Waals surface area contributed by atoms with Gasteiger partial charge in [0.05, 0.1) is 34.0 Å². The van der Waals surface area contributed by atoms with E-state index in [1.807, 2.05) is 4.57 Å². The number of hydrogen-bond acceptors (Lipinski definition) is 22. The Bertz CT molecular complexity index is 3260. The Morgan fingerprint density at radius 3 is 1.68 bits per heavy atom. The maximum absolute atomic E-state index is 13.0. The second-order valence-electron chi connectivity index (χ2n) is 22.1. The van der Waals surface area contributed by atoms with Crippen molar-refractivity contribution in [3.8, 4) is 0 Å². The second kappa shape index (κ2) is 33.5. The Morgan fingerprint density at radius 2 is 1.13 bits per heavy atom. The molecule has 27 heteroatoms. The minimum absolute atomic E-state index is 0. The molecule has 2 unspecified atom stereocenters. The zero-order chi connectivity index (χ0) is 59.2. The molecule has 2 saturated carbocycles. The van der Waals surface area contributed by atoms with Crippen LogP contribution in [0, 0.1) is 10.5 Å². The molecule has 0 spiro atoms. The second-order valence-corrected chi connectivity index (χ2v) is 26.3. The number of benzene rings is 2. The molecule has 8 N–H and O–H groups in total. The van der Waals surface area contributed by atoms with Gasteiger partial charge in [0.1, 0.15) is 17.8 Å². The van der Waals surface area contributed by atoms with Crippen molar-refractivity contribution in [2.24, 2.45) is 5.90 Å². The molecular weight excluding hydrogens is 1150 g/mol. The standard InChI is InChI=1S/C34H48N6O5S.C24H33N7O4S.ClH.HNO/c41-28(29-15-7-9-21-44-29)14-6-1-2-11-23-46(42,43)27-19-17-26(18-20-27)37-34-38-32(36-25-12-4-3-5-13-25)31-33(39-34)40(24-35-31)30-16-8-10-22-45-30;25-35-20(32)10-6-1-2-7-15-36(33,34)19-13-11-18(12-14-19)29-24-30-22-21(26-16-27-22)23(31-24)28-17-8-4-3-5-9-17;;1-2/h17-20,24-25,29-30H,1-16,21-23H2,(H2,36,37,38,39);11-14,16-17H,1-10,15,25H2,(H3,26,27,28,29,30,31);1H;1H. The van der Waals surface area contributed by atoms with E-state index >= 15 is 0 Å². The predicted octanol–water partition coefficient (Wildman–Crippen LogP) is 11.6. The quantitative estimate of drug-likeness (QED) is 0.0151. The van der Waals surface area contributed by atoms with Crippen molar-refractivity contribution in [2.75, 3.05) is 46.0 Å². The Morgan fingerprint density at radius 1 is 0.612 bits per heavy atom. The summed E-state index contributed by atoms with van der Waals surface area (Å²) in [6.45, 7) is 1.40. The van der Waals surface area contributed by atoms with Gasteiger partial charge in [0, 0.05) is 49.5 Å². The maximum atomic E-state index is 13.0. The van der Waals surface area contributed by atoms with Gasteiger partial charge in [0.25, 0.3) is 0 Å². The van der Waals surface area contributed by atoms with E-state index in [-0.39, 0.29) is 53.3 Å². The highest BCUT2D eigenvalue weighted by atomic mass is 35.5. The van der Waals surface area contributed by atoms with Crippen molar-refractivity contribution < 1.29 is 40.7 Å². The molecule has 2 saturated heterocycles. The van der Waals surface area contributed by atoms with Gasteiger partial charge in [-0.1, -0.05) is 69.8 Å². The Kier molecular flexibility index (Phi) is 26.0. The number of sulfone groups is 2. The number of nitrogens with one attached hydrogen (secondary N) is 6. The average molecular weight is 1240 g/mol. The molecule has 4 fully saturated rings. The normalized spacial score (nSPS) is 17.8. The van der Waals surface area contributed by atoms with Gasteiger partial charge < -0.3 is 40.6 Å². The van der Waals surface area contributed by atoms with Gasteiger partial charge in [-0.25, -0.2) is 26.8 Å². The summed E-state index contributed by atoms with van der Waals surface area (Å²) < 4.78 is 65.1. The smallest absolute Gasteiger partial charge is 0.324 e. The van der Waals surface area contributed by atoms with E-state index < -0.39 is 25.6 Å². The van der Waals surface area contributed by atoms with E-state index in [1.54, 1.807) is 61.2 Å². The molecule has 2 aliphatic carbocycles. The van der Waals surface area contributed by atoms with Crippen LogP contribution in [-0.4, -0.2) is 111 Å². The van der Waals surface area contributed by atoms with Crippen LogP contribution in [0.5, 0.6) is 0 Å². The SMILES string of the molecule is Cl.N=O.NOC(=O)CCCCCCS(=O)(=O)c1ccc(Nc2nc(NC3CCCCC3)c3[nH]cnc3n2)cc1.O=C(CCCCCCS(=O)(=O)c1ccc(Nc2nc(NC3CCCCC3)c3ncn(C4CCCCO4)c3n2)cc1)C1CCCCO1. The van der Waals surface area contributed by atoms with Gasteiger partial charge in [-0.2, -0.15) is 30.7 Å². The van der Waals surface area contributed by atoms with Crippen LogP contribution < -0.4 is 27.2 Å². The number of ketones is 1. The lowest BCUT2D eigenvalue weighted by Gasteiger charge is -2.25. The maximum Gasteiger partial charge on any atom is 0.324 e. The van der Waals surface area contributed by atoms with Crippen LogP contribution in [0.3, 0.4) is 0 Å². The molecule has 85 heavy (non-hydrogen) atoms.